The van der Waals surface area contributed by atoms with Crippen LogP contribution in [0.2, 0.25) is 5.02 Å². The molecule has 132 valence electrons. The zero-order valence-electron chi connectivity index (χ0n) is 14.1. The monoisotopic (exact) mass is 384 g/mol. The zero-order chi connectivity index (χ0) is 18.6. The number of hydrogen-bond acceptors (Lipinski definition) is 3. The highest BCUT2D eigenvalue weighted by molar-refractivity contribution is 7.92. The second-order valence-electron chi connectivity index (χ2n) is 5.75. The number of hydrogen-bond donors (Lipinski definition) is 1. The number of aryl methyl sites for hydroxylation is 1. The molecule has 0 saturated heterocycles. The van der Waals surface area contributed by atoms with Gasteiger partial charge in [-0.1, -0.05) is 53.6 Å². The Morgan fingerprint density at radius 2 is 1.58 bits per heavy atom. The first-order chi connectivity index (χ1) is 12.4. The average Bonchev–Trinajstić information content (AvgIpc) is 2.62. The Bertz CT molecular complexity index is 1030. The van der Waals surface area contributed by atoms with Crippen molar-refractivity contribution in [2.24, 2.45) is 4.99 Å². The summed E-state index contributed by atoms with van der Waals surface area (Å²) < 4.78 is 27.8. The van der Waals surface area contributed by atoms with Crippen LogP contribution in [0.5, 0.6) is 0 Å². The van der Waals surface area contributed by atoms with Gasteiger partial charge in [-0.2, -0.15) is 0 Å². The molecule has 0 aromatic heterocycles. The fourth-order valence-electron chi connectivity index (χ4n) is 2.29. The summed E-state index contributed by atoms with van der Waals surface area (Å²) in [5.41, 5.74) is 2.80. The first-order valence-corrected chi connectivity index (χ1v) is 9.78. The Balaban J connectivity index is 1.87. The molecule has 0 spiro atoms. The van der Waals surface area contributed by atoms with Gasteiger partial charge in [0.15, 0.2) is 0 Å². The Morgan fingerprint density at radius 1 is 0.923 bits per heavy atom. The highest BCUT2D eigenvalue weighted by Crippen LogP contribution is 2.27. The van der Waals surface area contributed by atoms with Crippen molar-refractivity contribution in [1.82, 2.24) is 0 Å². The molecule has 3 aromatic carbocycles. The fourth-order valence-corrected chi connectivity index (χ4v) is 3.49. The SMILES string of the molecule is Cc1ccc(S(=O)(=O)Nc2ccccc2N=Cc2ccc(Cl)cc2)cc1. The minimum Gasteiger partial charge on any atom is -0.277 e. The van der Waals surface area contributed by atoms with Crippen molar-refractivity contribution in [2.75, 3.05) is 4.72 Å². The predicted molar refractivity (Wildman–Crippen MR) is 107 cm³/mol. The topological polar surface area (TPSA) is 58.5 Å². The summed E-state index contributed by atoms with van der Waals surface area (Å²) >= 11 is 5.87. The molecular weight excluding hydrogens is 368 g/mol. The molecule has 0 aliphatic rings. The molecule has 0 unspecified atom stereocenters. The van der Waals surface area contributed by atoms with Crippen LogP contribution in [-0.2, 0) is 10.0 Å². The number of benzene rings is 3. The molecule has 1 N–H and O–H groups in total. The summed E-state index contributed by atoms with van der Waals surface area (Å²) in [4.78, 5) is 4.61. The zero-order valence-corrected chi connectivity index (χ0v) is 15.6. The van der Waals surface area contributed by atoms with Gasteiger partial charge in [0.1, 0.15) is 0 Å². The van der Waals surface area contributed by atoms with Gasteiger partial charge in [0.25, 0.3) is 10.0 Å². The maximum atomic E-state index is 12.6. The Hall–Kier alpha value is -2.63. The van der Waals surface area contributed by atoms with E-state index in [4.69, 9.17) is 11.6 Å². The lowest BCUT2D eigenvalue weighted by Gasteiger charge is -2.10. The highest BCUT2D eigenvalue weighted by atomic mass is 35.5. The van der Waals surface area contributed by atoms with E-state index in [0.717, 1.165) is 11.1 Å². The number of nitrogens with one attached hydrogen (secondary N) is 1. The van der Waals surface area contributed by atoms with Crippen molar-refractivity contribution in [2.45, 2.75) is 11.8 Å². The molecule has 0 atom stereocenters. The van der Waals surface area contributed by atoms with Gasteiger partial charge in [-0.3, -0.25) is 9.71 Å². The molecule has 0 fully saturated rings. The first-order valence-electron chi connectivity index (χ1n) is 7.92. The molecular formula is C20H17ClN2O2S. The fraction of sp³-hybridized carbons (Fsp3) is 0.0500. The van der Waals surface area contributed by atoms with Crippen molar-refractivity contribution in [1.29, 1.82) is 0 Å². The van der Waals surface area contributed by atoms with E-state index in [1.54, 1.807) is 66.9 Å². The summed E-state index contributed by atoms with van der Waals surface area (Å²) in [6.45, 7) is 1.91. The summed E-state index contributed by atoms with van der Waals surface area (Å²) in [5, 5.41) is 0.647. The third kappa shape index (κ3) is 4.50. The van der Waals surface area contributed by atoms with Gasteiger partial charge in [-0.05, 0) is 48.9 Å². The van der Waals surface area contributed by atoms with Crippen molar-refractivity contribution < 1.29 is 8.42 Å². The van der Waals surface area contributed by atoms with E-state index < -0.39 is 10.0 Å². The third-order valence-corrected chi connectivity index (χ3v) is 5.34. The van der Waals surface area contributed by atoms with E-state index in [0.29, 0.717) is 16.4 Å². The third-order valence-electron chi connectivity index (χ3n) is 3.70. The van der Waals surface area contributed by atoms with Crippen LogP contribution in [-0.4, -0.2) is 14.6 Å². The second-order valence-corrected chi connectivity index (χ2v) is 7.86. The number of para-hydroxylation sites is 2. The van der Waals surface area contributed by atoms with Crippen LogP contribution in [0.1, 0.15) is 11.1 Å². The van der Waals surface area contributed by atoms with Crippen LogP contribution >= 0.6 is 11.6 Å². The van der Waals surface area contributed by atoms with Gasteiger partial charge < -0.3 is 0 Å². The minimum absolute atomic E-state index is 0.208. The molecule has 0 saturated carbocycles. The lowest BCUT2D eigenvalue weighted by Crippen LogP contribution is -2.13. The first kappa shape index (κ1) is 18.2. The van der Waals surface area contributed by atoms with Crippen LogP contribution in [0.3, 0.4) is 0 Å². The Morgan fingerprint density at radius 3 is 2.27 bits per heavy atom. The number of nitrogens with zero attached hydrogens (tertiary/aromatic N) is 1. The molecule has 3 aromatic rings. The molecule has 0 aliphatic carbocycles. The Kier molecular flexibility index (Phi) is 5.40. The largest absolute Gasteiger partial charge is 0.277 e. The number of sulfonamides is 1. The molecule has 0 heterocycles. The highest BCUT2D eigenvalue weighted by Gasteiger charge is 2.15. The van der Waals surface area contributed by atoms with Crippen LogP contribution in [0.25, 0.3) is 0 Å². The molecule has 0 aliphatic heterocycles. The van der Waals surface area contributed by atoms with Crippen molar-refractivity contribution >= 4 is 39.2 Å². The summed E-state index contributed by atoms with van der Waals surface area (Å²) in [5.74, 6) is 0. The summed E-state index contributed by atoms with van der Waals surface area (Å²) in [7, 11) is -3.68. The van der Waals surface area contributed by atoms with Crippen molar-refractivity contribution in [3.63, 3.8) is 0 Å². The van der Waals surface area contributed by atoms with E-state index >= 15 is 0 Å². The normalized spacial score (nSPS) is 11.6. The van der Waals surface area contributed by atoms with Gasteiger partial charge in [0, 0.05) is 11.2 Å². The van der Waals surface area contributed by atoms with Crippen LogP contribution in [0.4, 0.5) is 11.4 Å². The quantitative estimate of drug-likeness (QED) is 0.614. The van der Waals surface area contributed by atoms with Gasteiger partial charge in [-0.15, -0.1) is 0 Å². The minimum atomic E-state index is -3.68. The molecule has 0 bridgehead atoms. The molecule has 0 amide bonds. The molecule has 26 heavy (non-hydrogen) atoms. The molecule has 0 radical (unpaired) electrons. The summed E-state index contributed by atoms with van der Waals surface area (Å²) in [6, 6.07) is 20.9. The van der Waals surface area contributed by atoms with Gasteiger partial charge in [0.2, 0.25) is 0 Å². The van der Waals surface area contributed by atoms with E-state index in [9.17, 15) is 8.42 Å². The average molecular weight is 385 g/mol. The van der Waals surface area contributed by atoms with Crippen LogP contribution in [0.15, 0.2) is 82.7 Å². The smallest absolute Gasteiger partial charge is 0.261 e. The van der Waals surface area contributed by atoms with E-state index in [-0.39, 0.29) is 4.90 Å². The van der Waals surface area contributed by atoms with Gasteiger partial charge in [0.05, 0.1) is 16.3 Å². The number of rotatable bonds is 5. The van der Waals surface area contributed by atoms with E-state index in [2.05, 4.69) is 9.71 Å². The van der Waals surface area contributed by atoms with E-state index in [1.165, 1.54) is 0 Å². The number of anilines is 1. The molecule has 6 heteroatoms. The Labute approximate surface area is 158 Å². The molecule has 3 rings (SSSR count). The standard InChI is InChI=1S/C20H17ClN2O2S/c1-15-6-12-18(13-7-15)26(24,25)23-20-5-3-2-4-19(20)22-14-16-8-10-17(21)11-9-16/h2-14,23H,1H3. The van der Waals surface area contributed by atoms with Crippen molar-refractivity contribution in [3.05, 3.63) is 88.9 Å². The lowest BCUT2D eigenvalue weighted by atomic mass is 10.2. The number of aliphatic imine (C=N–C) groups is 1. The maximum absolute atomic E-state index is 12.6. The lowest BCUT2D eigenvalue weighted by molar-refractivity contribution is 0.601. The predicted octanol–water partition coefficient (Wildman–Crippen LogP) is 5.20. The second kappa shape index (κ2) is 7.72. The maximum Gasteiger partial charge on any atom is 0.261 e. The van der Waals surface area contributed by atoms with Gasteiger partial charge >= 0.3 is 0 Å². The van der Waals surface area contributed by atoms with Crippen LogP contribution < -0.4 is 4.72 Å². The molecule has 4 nitrogen and oxygen atoms in total. The van der Waals surface area contributed by atoms with Gasteiger partial charge in [-0.25, -0.2) is 8.42 Å². The number of halogens is 1. The van der Waals surface area contributed by atoms with E-state index in [1.807, 2.05) is 19.1 Å². The van der Waals surface area contributed by atoms with Crippen molar-refractivity contribution in [3.8, 4) is 0 Å². The van der Waals surface area contributed by atoms with Crippen LogP contribution in [0, 0.1) is 6.92 Å². The summed E-state index contributed by atoms with van der Waals surface area (Å²) in [6.07, 6.45) is 1.66.